The Morgan fingerprint density at radius 2 is 0.543 bits per heavy atom. The molecule has 0 N–H and O–H groups in total. The van der Waals surface area contributed by atoms with Crippen LogP contribution in [0.1, 0.15) is 194 Å². The molecule has 0 aromatic carbocycles. The summed E-state index contributed by atoms with van der Waals surface area (Å²) in [6.45, 7) is 6.53. The maximum absolute atomic E-state index is 11.4. The molecule has 0 rings (SSSR count). The van der Waals surface area contributed by atoms with Gasteiger partial charge in [0.2, 0.25) is 6.41 Å². The van der Waals surface area contributed by atoms with Gasteiger partial charge in [-0.05, 0) is 12.8 Å². The largest absolute Gasteiger partial charge is 0.345 e. The first-order valence-corrected chi connectivity index (χ1v) is 16.5. The number of hydrogen-bond acceptors (Lipinski definition) is 1. The zero-order chi connectivity index (χ0) is 25.5. The minimum Gasteiger partial charge on any atom is -0.345 e. The van der Waals surface area contributed by atoms with Gasteiger partial charge in [0, 0.05) is 13.1 Å². The third-order valence-corrected chi connectivity index (χ3v) is 7.75. The SMILES string of the molecule is CCCCCCCCCCCCCCCCN(C=O)CCCCCCCCCCCCCCCC. The molecule has 0 saturated heterocycles. The van der Waals surface area contributed by atoms with Gasteiger partial charge in [-0.1, -0.05) is 181 Å². The molecule has 2 nitrogen and oxygen atoms in total. The van der Waals surface area contributed by atoms with Crippen LogP contribution in [0.15, 0.2) is 0 Å². The summed E-state index contributed by atoms with van der Waals surface area (Å²) in [4.78, 5) is 13.4. The van der Waals surface area contributed by atoms with Crippen molar-refractivity contribution in [2.45, 2.75) is 194 Å². The lowest BCUT2D eigenvalue weighted by Crippen LogP contribution is -2.24. The van der Waals surface area contributed by atoms with Crippen LogP contribution in [-0.2, 0) is 4.79 Å². The third-order valence-electron chi connectivity index (χ3n) is 7.75. The number of carbonyl (C=O) groups excluding carboxylic acids is 1. The van der Waals surface area contributed by atoms with Crippen LogP contribution in [0.4, 0.5) is 0 Å². The average Bonchev–Trinajstić information content (AvgIpc) is 2.87. The minimum absolute atomic E-state index is 0.972. The Bertz CT molecular complexity index is 351. The number of rotatable bonds is 31. The molecule has 0 atom stereocenters. The molecule has 0 aliphatic rings. The Balaban J connectivity index is 3.26. The Labute approximate surface area is 222 Å². The van der Waals surface area contributed by atoms with Crippen molar-refractivity contribution < 1.29 is 4.79 Å². The normalized spacial score (nSPS) is 11.3. The molecule has 0 heterocycles. The molecule has 0 unspecified atom stereocenters. The van der Waals surface area contributed by atoms with Crippen molar-refractivity contribution in [3.63, 3.8) is 0 Å². The Kier molecular flexibility index (Phi) is 31.0. The topological polar surface area (TPSA) is 20.3 Å². The molecule has 210 valence electrons. The van der Waals surface area contributed by atoms with Crippen molar-refractivity contribution >= 4 is 6.41 Å². The van der Waals surface area contributed by atoms with E-state index in [2.05, 4.69) is 13.8 Å². The zero-order valence-electron chi connectivity index (χ0n) is 24.6. The molecule has 2 heteroatoms. The lowest BCUT2D eigenvalue weighted by atomic mass is 10.0. The predicted molar refractivity (Wildman–Crippen MR) is 158 cm³/mol. The van der Waals surface area contributed by atoms with E-state index in [4.69, 9.17) is 0 Å². The zero-order valence-corrected chi connectivity index (χ0v) is 24.6. The fraction of sp³-hybridized carbons (Fsp3) is 0.970. The molecule has 0 aromatic rings. The molecule has 0 aliphatic heterocycles. The molecule has 0 radical (unpaired) electrons. The quantitative estimate of drug-likeness (QED) is 0.0694. The van der Waals surface area contributed by atoms with Crippen LogP contribution in [0.2, 0.25) is 0 Å². The highest BCUT2D eigenvalue weighted by atomic mass is 16.1. The van der Waals surface area contributed by atoms with Gasteiger partial charge in [-0.3, -0.25) is 4.79 Å². The van der Waals surface area contributed by atoms with Crippen molar-refractivity contribution in [3.8, 4) is 0 Å². The molecular weight excluding hydrogens is 426 g/mol. The van der Waals surface area contributed by atoms with E-state index in [1.807, 2.05) is 4.90 Å². The number of hydrogen-bond donors (Lipinski definition) is 0. The van der Waals surface area contributed by atoms with Gasteiger partial charge in [0.15, 0.2) is 0 Å². The highest BCUT2D eigenvalue weighted by Gasteiger charge is 2.02. The van der Waals surface area contributed by atoms with Gasteiger partial charge >= 0.3 is 0 Å². The first-order valence-electron chi connectivity index (χ1n) is 16.5. The summed E-state index contributed by atoms with van der Waals surface area (Å²) in [7, 11) is 0. The van der Waals surface area contributed by atoms with E-state index in [-0.39, 0.29) is 0 Å². The lowest BCUT2D eigenvalue weighted by Gasteiger charge is -2.17. The molecule has 1 amide bonds. The lowest BCUT2D eigenvalue weighted by molar-refractivity contribution is -0.118. The molecule has 0 saturated carbocycles. The predicted octanol–water partition coefficient (Wildman–Crippen LogP) is 11.4. The molecule has 0 aromatic heterocycles. The third kappa shape index (κ3) is 29.6. The van der Waals surface area contributed by atoms with E-state index in [0.29, 0.717) is 0 Å². The second-order valence-corrected chi connectivity index (χ2v) is 11.3. The van der Waals surface area contributed by atoms with Crippen LogP contribution in [0.25, 0.3) is 0 Å². The van der Waals surface area contributed by atoms with Gasteiger partial charge in [0.05, 0.1) is 0 Å². The van der Waals surface area contributed by atoms with Gasteiger partial charge < -0.3 is 4.90 Å². The first kappa shape index (κ1) is 34.5. The van der Waals surface area contributed by atoms with Crippen molar-refractivity contribution in [3.05, 3.63) is 0 Å². The molecule has 0 bridgehead atoms. The Morgan fingerprint density at radius 1 is 0.343 bits per heavy atom. The van der Waals surface area contributed by atoms with Crippen molar-refractivity contribution in [1.82, 2.24) is 4.90 Å². The average molecular weight is 494 g/mol. The molecular formula is C33H67NO. The molecule has 0 spiro atoms. The van der Waals surface area contributed by atoms with E-state index >= 15 is 0 Å². The fourth-order valence-corrected chi connectivity index (χ4v) is 5.24. The van der Waals surface area contributed by atoms with Crippen LogP contribution in [0.3, 0.4) is 0 Å². The van der Waals surface area contributed by atoms with Crippen molar-refractivity contribution in [2.24, 2.45) is 0 Å². The number of carbonyl (C=O) groups is 1. The van der Waals surface area contributed by atoms with Crippen LogP contribution in [-0.4, -0.2) is 24.4 Å². The standard InChI is InChI=1S/C33H67NO/c1-3-5-7-9-11-13-15-17-19-21-23-25-27-29-31-34(33-35)32-30-28-26-24-22-20-18-16-14-12-10-8-6-4-2/h33H,3-32H2,1-2H3. The van der Waals surface area contributed by atoms with Gasteiger partial charge in [-0.2, -0.15) is 0 Å². The van der Waals surface area contributed by atoms with Crippen LogP contribution < -0.4 is 0 Å². The van der Waals surface area contributed by atoms with Crippen LogP contribution in [0, 0.1) is 0 Å². The monoisotopic (exact) mass is 494 g/mol. The van der Waals surface area contributed by atoms with Crippen LogP contribution in [0.5, 0.6) is 0 Å². The molecule has 0 aliphatic carbocycles. The Hall–Kier alpha value is -0.530. The summed E-state index contributed by atoms with van der Waals surface area (Å²) in [5.74, 6) is 0. The summed E-state index contributed by atoms with van der Waals surface area (Å²) in [5.41, 5.74) is 0. The minimum atomic E-state index is 0.972. The van der Waals surface area contributed by atoms with E-state index in [9.17, 15) is 4.79 Å². The number of nitrogens with zero attached hydrogens (tertiary/aromatic N) is 1. The van der Waals surface area contributed by atoms with Crippen molar-refractivity contribution in [1.29, 1.82) is 0 Å². The van der Waals surface area contributed by atoms with Crippen molar-refractivity contribution in [2.75, 3.05) is 13.1 Å². The second-order valence-electron chi connectivity index (χ2n) is 11.3. The highest BCUT2D eigenvalue weighted by molar-refractivity contribution is 5.46. The van der Waals surface area contributed by atoms with E-state index in [0.717, 1.165) is 19.5 Å². The van der Waals surface area contributed by atoms with Gasteiger partial charge in [0.1, 0.15) is 0 Å². The molecule has 0 fully saturated rings. The Morgan fingerprint density at radius 3 is 0.743 bits per heavy atom. The van der Waals surface area contributed by atoms with Crippen LogP contribution >= 0.6 is 0 Å². The number of amides is 1. The van der Waals surface area contributed by atoms with Gasteiger partial charge in [-0.15, -0.1) is 0 Å². The highest BCUT2D eigenvalue weighted by Crippen LogP contribution is 2.14. The van der Waals surface area contributed by atoms with E-state index in [1.165, 1.54) is 180 Å². The second kappa shape index (κ2) is 31.5. The maximum Gasteiger partial charge on any atom is 0.209 e. The van der Waals surface area contributed by atoms with Gasteiger partial charge in [0.25, 0.3) is 0 Å². The fourth-order valence-electron chi connectivity index (χ4n) is 5.24. The summed E-state index contributed by atoms with van der Waals surface area (Å²) in [6, 6.07) is 0. The van der Waals surface area contributed by atoms with Gasteiger partial charge in [-0.25, -0.2) is 0 Å². The van der Waals surface area contributed by atoms with E-state index in [1.54, 1.807) is 0 Å². The summed E-state index contributed by atoms with van der Waals surface area (Å²) in [5, 5.41) is 0. The van der Waals surface area contributed by atoms with E-state index < -0.39 is 0 Å². The first-order chi connectivity index (χ1) is 17.3. The molecule has 35 heavy (non-hydrogen) atoms. The maximum atomic E-state index is 11.4. The number of unbranched alkanes of at least 4 members (excludes halogenated alkanes) is 26. The summed E-state index contributed by atoms with van der Waals surface area (Å²) in [6.07, 6.45) is 40.1. The summed E-state index contributed by atoms with van der Waals surface area (Å²) >= 11 is 0. The smallest absolute Gasteiger partial charge is 0.209 e. The summed E-state index contributed by atoms with van der Waals surface area (Å²) < 4.78 is 0.